The van der Waals surface area contributed by atoms with Gasteiger partial charge in [0.15, 0.2) is 9.51 Å². The van der Waals surface area contributed by atoms with Crippen molar-refractivity contribution in [1.82, 2.24) is 4.98 Å². The number of aromatic nitrogens is 1. The maximum Gasteiger partial charge on any atom is 0.283 e. The van der Waals surface area contributed by atoms with Crippen LogP contribution in [0.1, 0.15) is 11.1 Å². The van der Waals surface area contributed by atoms with Crippen molar-refractivity contribution in [2.24, 2.45) is 4.99 Å². The molecule has 0 bridgehead atoms. The summed E-state index contributed by atoms with van der Waals surface area (Å²) in [6.07, 6.45) is 1.83. The van der Waals surface area contributed by atoms with Crippen LogP contribution >= 0.6 is 23.1 Å². The molecule has 0 atom stereocenters. The van der Waals surface area contributed by atoms with E-state index in [1.165, 1.54) is 11.8 Å². The van der Waals surface area contributed by atoms with Crippen LogP contribution in [-0.2, 0) is 4.79 Å². The normalized spacial score (nSPS) is 15.2. The fourth-order valence-corrected chi connectivity index (χ4v) is 5.25. The Hall–Kier alpha value is -3.22. The van der Waals surface area contributed by atoms with Crippen LogP contribution in [0.25, 0.3) is 16.3 Å². The van der Waals surface area contributed by atoms with Crippen LogP contribution in [0.5, 0.6) is 0 Å². The number of aryl methyl sites for hydroxylation is 1. The summed E-state index contributed by atoms with van der Waals surface area (Å²) in [5, 5.41) is 0.616. The van der Waals surface area contributed by atoms with Gasteiger partial charge in [0.1, 0.15) is 5.70 Å². The number of hydrogen-bond donors (Lipinski definition) is 0. The van der Waals surface area contributed by atoms with Gasteiger partial charge in [-0.1, -0.05) is 60.2 Å². The molecule has 0 fully saturated rings. The molecule has 1 aliphatic heterocycles. The summed E-state index contributed by atoms with van der Waals surface area (Å²) in [5.74, 6) is -0.133. The maximum atomic E-state index is 13.3. The molecule has 2 heterocycles. The Labute approximate surface area is 182 Å². The molecule has 0 saturated carbocycles. The molecular weight excluding hydrogens is 410 g/mol. The number of amidine groups is 1. The van der Waals surface area contributed by atoms with Gasteiger partial charge in [0.25, 0.3) is 5.91 Å². The van der Waals surface area contributed by atoms with E-state index in [0.29, 0.717) is 10.9 Å². The number of aliphatic imine (C=N–C) groups is 1. The van der Waals surface area contributed by atoms with Crippen molar-refractivity contribution in [3.05, 3.63) is 95.7 Å². The number of amides is 1. The minimum absolute atomic E-state index is 0.133. The van der Waals surface area contributed by atoms with Crippen LogP contribution in [0.4, 0.5) is 5.69 Å². The number of hydrogen-bond acceptors (Lipinski definition) is 5. The summed E-state index contributed by atoms with van der Waals surface area (Å²) in [6, 6.07) is 25.7. The highest BCUT2D eigenvalue weighted by atomic mass is 32.2. The van der Waals surface area contributed by atoms with Crippen LogP contribution < -0.4 is 4.90 Å². The van der Waals surface area contributed by atoms with Gasteiger partial charge < -0.3 is 0 Å². The van der Waals surface area contributed by atoms with E-state index in [-0.39, 0.29) is 5.91 Å². The van der Waals surface area contributed by atoms with Crippen LogP contribution in [0, 0.1) is 6.92 Å². The fourth-order valence-electron chi connectivity index (χ4n) is 3.17. The van der Waals surface area contributed by atoms with Gasteiger partial charge in [0, 0.05) is 0 Å². The second-order valence-electron chi connectivity index (χ2n) is 6.86. The lowest BCUT2D eigenvalue weighted by Gasteiger charge is -2.17. The van der Waals surface area contributed by atoms with Gasteiger partial charge in [-0.05, 0) is 54.6 Å². The monoisotopic (exact) mass is 427 g/mol. The minimum Gasteiger partial charge on any atom is -0.266 e. The molecule has 146 valence electrons. The van der Waals surface area contributed by atoms with Crippen molar-refractivity contribution in [2.75, 3.05) is 4.90 Å². The molecule has 6 heteroatoms. The van der Waals surface area contributed by atoms with Gasteiger partial charge in [-0.25, -0.2) is 9.98 Å². The molecule has 3 aromatic carbocycles. The number of anilines is 1. The zero-order valence-electron chi connectivity index (χ0n) is 16.1. The van der Waals surface area contributed by atoms with Crippen molar-refractivity contribution >= 4 is 56.2 Å². The lowest BCUT2D eigenvalue weighted by Crippen LogP contribution is -2.30. The highest BCUT2D eigenvalue weighted by molar-refractivity contribution is 8.15. The van der Waals surface area contributed by atoms with Gasteiger partial charge in [0.2, 0.25) is 0 Å². The minimum atomic E-state index is -0.133. The highest BCUT2D eigenvalue weighted by Crippen LogP contribution is 2.36. The highest BCUT2D eigenvalue weighted by Gasteiger charge is 2.33. The molecule has 30 heavy (non-hydrogen) atoms. The van der Waals surface area contributed by atoms with Crippen molar-refractivity contribution in [3.8, 4) is 0 Å². The number of thioether (sulfide) groups is 1. The summed E-state index contributed by atoms with van der Waals surface area (Å²) < 4.78 is 1.98. The van der Waals surface area contributed by atoms with E-state index in [4.69, 9.17) is 9.98 Å². The van der Waals surface area contributed by atoms with Gasteiger partial charge in [-0.15, -0.1) is 11.3 Å². The second kappa shape index (κ2) is 7.89. The van der Waals surface area contributed by atoms with Crippen LogP contribution in [0.15, 0.2) is 93.9 Å². The molecule has 0 radical (unpaired) electrons. The van der Waals surface area contributed by atoms with E-state index in [1.54, 1.807) is 16.2 Å². The van der Waals surface area contributed by atoms with E-state index in [1.807, 2.05) is 85.8 Å². The second-order valence-corrected chi connectivity index (χ2v) is 9.11. The Bertz CT molecular complexity index is 1260. The molecule has 0 N–H and O–H groups in total. The van der Waals surface area contributed by atoms with E-state index >= 15 is 0 Å². The van der Waals surface area contributed by atoms with E-state index in [9.17, 15) is 4.79 Å². The standard InChI is InChI=1S/C24H17N3OS2/c1-16-11-13-18(14-12-16)27-22(28)20(15-17-7-3-2-4-8-17)25-23(27)30-24-26-19-9-5-6-10-21(19)29-24/h2-15H,1H3/b20-15-. The van der Waals surface area contributed by atoms with E-state index in [2.05, 4.69) is 6.07 Å². The average molecular weight is 428 g/mol. The Morgan fingerprint density at radius 2 is 1.67 bits per heavy atom. The molecule has 4 nitrogen and oxygen atoms in total. The first-order chi connectivity index (χ1) is 14.7. The number of nitrogens with zero attached hydrogens (tertiary/aromatic N) is 3. The number of benzene rings is 3. The Balaban J connectivity index is 1.55. The Morgan fingerprint density at radius 1 is 0.933 bits per heavy atom. The lowest BCUT2D eigenvalue weighted by molar-refractivity contribution is -0.113. The summed E-state index contributed by atoms with van der Waals surface area (Å²) in [7, 11) is 0. The third kappa shape index (κ3) is 3.67. The van der Waals surface area contributed by atoms with Crippen molar-refractivity contribution in [2.45, 2.75) is 11.3 Å². The first-order valence-electron chi connectivity index (χ1n) is 9.47. The van der Waals surface area contributed by atoms with Gasteiger partial charge in [0.05, 0.1) is 15.9 Å². The molecule has 1 aromatic heterocycles. The molecular formula is C24H17N3OS2. The molecule has 0 spiro atoms. The average Bonchev–Trinajstić information content (AvgIpc) is 3.30. The number of rotatable bonds is 3. The predicted octanol–water partition coefficient (Wildman–Crippen LogP) is 6.14. The molecule has 0 saturated heterocycles. The summed E-state index contributed by atoms with van der Waals surface area (Å²) in [5.41, 5.74) is 4.26. The SMILES string of the molecule is Cc1ccc(N2C(=O)/C(=C/c3ccccc3)N=C2Sc2nc3ccccc3s2)cc1. The number of para-hydroxylation sites is 1. The predicted molar refractivity (Wildman–Crippen MR) is 126 cm³/mol. The Kier molecular flexibility index (Phi) is 4.94. The third-order valence-electron chi connectivity index (χ3n) is 4.68. The molecule has 1 amide bonds. The number of carbonyl (C=O) groups excluding carboxylic acids is 1. The van der Waals surface area contributed by atoms with E-state index in [0.717, 1.165) is 31.4 Å². The first kappa shape index (κ1) is 18.8. The molecule has 1 aliphatic rings. The molecule has 0 aliphatic carbocycles. The quantitative estimate of drug-likeness (QED) is 0.369. The third-order valence-corrected chi connectivity index (χ3v) is 6.73. The summed E-state index contributed by atoms with van der Waals surface area (Å²) >= 11 is 3.03. The number of fused-ring (bicyclic) bond motifs is 1. The van der Waals surface area contributed by atoms with Gasteiger partial charge in [-0.3, -0.25) is 9.69 Å². The first-order valence-corrected chi connectivity index (χ1v) is 11.1. The van der Waals surface area contributed by atoms with Crippen LogP contribution in [0.2, 0.25) is 0 Å². The summed E-state index contributed by atoms with van der Waals surface area (Å²) in [6.45, 7) is 2.03. The molecule has 4 aromatic rings. The fraction of sp³-hybridized carbons (Fsp3) is 0.0417. The van der Waals surface area contributed by atoms with Gasteiger partial charge >= 0.3 is 0 Å². The number of thiazole rings is 1. The summed E-state index contributed by atoms with van der Waals surface area (Å²) in [4.78, 5) is 24.3. The smallest absolute Gasteiger partial charge is 0.266 e. The zero-order valence-corrected chi connectivity index (χ0v) is 17.8. The maximum absolute atomic E-state index is 13.3. The Morgan fingerprint density at radius 3 is 2.43 bits per heavy atom. The zero-order chi connectivity index (χ0) is 20.5. The van der Waals surface area contributed by atoms with Crippen molar-refractivity contribution < 1.29 is 4.79 Å². The van der Waals surface area contributed by atoms with Gasteiger partial charge in [-0.2, -0.15) is 0 Å². The molecule has 0 unspecified atom stereocenters. The topological polar surface area (TPSA) is 45.6 Å². The number of carbonyl (C=O) groups is 1. The lowest BCUT2D eigenvalue weighted by atomic mass is 10.2. The molecule has 5 rings (SSSR count). The van der Waals surface area contributed by atoms with Crippen LogP contribution in [-0.4, -0.2) is 16.1 Å². The van der Waals surface area contributed by atoms with Crippen molar-refractivity contribution in [3.63, 3.8) is 0 Å². The van der Waals surface area contributed by atoms with E-state index < -0.39 is 0 Å². The van der Waals surface area contributed by atoms with Crippen LogP contribution in [0.3, 0.4) is 0 Å². The van der Waals surface area contributed by atoms with Crippen molar-refractivity contribution in [1.29, 1.82) is 0 Å². The largest absolute Gasteiger partial charge is 0.283 e.